The second-order valence-corrected chi connectivity index (χ2v) is 3.08. The minimum Gasteiger partial charge on any atom is -0.396 e. The number of aliphatic imine (C=N–C) groups is 1. The van der Waals surface area contributed by atoms with E-state index in [1.807, 2.05) is 7.05 Å². The molecule has 0 unspecified atom stereocenters. The van der Waals surface area contributed by atoms with Crippen LogP contribution in [0.5, 0.6) is 0 Å². The van der Waals surface area contributed by atoms with Gasteiger partial charge in [0.25, 0.3) is 0 Å². The summed E-state index contributed by atoms with van der Waals surface area (Å²) >= 11 is 0. The standard InChI is InChI=1S/C8H17N3O/c1-9-8(10-2)11-4-3-7(5-11)6-12/h7,12H,3-6H2,1-2H3,(H,9,10)/t7-/m1/s1. The largest absolute Gasteiger partial charge is 0.396 e. The Morgan fingerprint density at radius 3 is 2.92 bits per heavy atom. The normalized spacial score (nSPS) is 24.8. The molecular formula is C8H17N3O. The summed E-state index contributed by atoms with van der Waals surface area (Å²) in [5, 5.41) is 12.0. The molecule has 4 nitrogen and oxygen atoms in total. The van der Waals surface area contributed by atoms with Crippen molar-refractivity contribution in [1.82, 2.24) is 10.2 Å². The lowest BCUT2D eigenvalue weighted by Crippen LogP contribution is -2.38. The van der Waals surface area contributed by atoms with E-state index < -0.39 is 0 Å². The minimum absolute atomic E-state index is 0.289. The summed E-state index contributed by atoms with van der Waals surface area (Å²) in [4.78, 5) is 6.27. The summed E-state index contributed by atoms with van der Waals surface area (Å²) in [5.74, 6) is 1.35. The molecule has 1 aliphatic rings. The van der Waals surface area contributed by atoms with Gasteiger partial charge in [-0.1, -0.05) is 0 Å². The van der Waals surface area contributed by atoms with Gasteiger partial charge >= 0.3 is 0 Å². The zero-order valence-corrected chi connectivity index (χ0v) is 7.75. The molecule has 70 valence electrons. The number of likely N-dealkylation sites (tertiary alicyclic amines) is 1. The Bertz CT molecular complexity index is 170. The average Bonchev–Trinajstić information content (AvgIpc) is 2.55. The number of nitrogens with zero attached hydrogens (tertiary/aromatic N) is 2. The van der Waals surface area contributed by atoms with Gasteiger partial charge in [0.05, 0.1) is 0 Å². The first-order valence-corrected chi connectivity index (χ1v) is 4.32. The Hall–Kier alpha value is -0.770. The summed E-state index contributed by atoms with van der Waals surface area (Å²) in [5.41, 5.74) is 0. The number of nitrogens with one attached hydrogen (secondary N) is 1. The zero-order chi connectivity index (χ0) is 8.97. The van der Waals surface area contributed by atoms with Crippen LogP contribution >= 0.6 is 0 Å². The maximum atomic E-state index is 8.92. The summed E-state index contributed by atoms with van der Waals surface area (Å²) in [6.45, 7) is 2.21. The van der Waals surface area contributed by atoms with Gasteiger partial charge in [-0.25, -0.2) is 0 Å². The SMILES string of the molecule is C/N=C(\NC)N1CC[C@@H](CO)C1. The fraction of sp³-hybridized carbons (Fsp3) is 0.875. The second kappa shape index (κ2) is 4.30. The third-order valence-electron chi connectivity index (χ3n) is 2.28. The van der Waals surface area contributed by atoms with Gasteiger partial charge in [-0.15, -0.1) is 0 Å². The molecule has 1 aliphatic heterocycles. The Kier molecular flexibility index (Phi) is 3.34. The van der Waals surface area contributed by atoms with Crippen LogP contribution < -0.4 is 5.32 Å². The fourth-order valence-electron chi connectivity index (χ4n) is 1.59. The third-order valence-corrected chi connectivity index (χ3v) is 2.28. The molecule has 12 heavy (non-hydrogen) atoms. The van der Waals surface area contributed by atoms with Gasteiger partial charge in [0, 0.05) is 39.7 Å². The van der Waals surface area contributed by atoms with Crippen molar-refractivity contribution in [2.24, 2.45) is 10.9 Å². The van der Waals surface area contributed by atoms with E-state index in [0.29, 0.717) is 5.92 Å². The molecule has 1 rings (SSSR count). The predicted octanol–water partition coefficient (Wildman–Crippen LogP) is -0.494. The van der Waals surface area contributed by atoms with Crippen molar-refractivity contribution in [1.29, 1.82) is 0 Å². The molecule has 0 saturated carbocycles. The number of aliphatic hydroxyl groups is 1. The molecule has 0 aromatic carbocycles. The molecule has 0 aromatic rings. The second-order valence-electron chi connectivity index (χ2n) is 3.08. The van der Waals surface area contributed by atoms with Crippen LogP contribution in [0.1, 0.15) is 6.42 Å². The highest BCUT2D eigenvalue weighted by Crippen LogP contribution is 2.14. The zero-order valence-electron chi connectivity index (χ0n) is 7.75. The van der Waals surface area contributed by atoms with Gasteiger partial charge in [0.15, 0.2) is 5.96 Å². The molecule has 1 fully saturated rings. The predicted molar refractivity (Wildman–Crippen MR) is 49.2 cm³/mol. The van der Waals surface area contributed by atoms with Crippen molar-refractivity contribution in [2.45, 2.75) is 6.42 Å². The maximum absolute atomic E-state index is 8.92. The Morgan fingerprint density at radius 1 is 1.75 bits per heavy atom. The topological polar surface area (TPSA) is 47.9 Å². The molecular weight excluding hydrogens is 154 g/mol. The van der Waals surface area contributed by atoms with Gasteiger partial charge in [-0.3, -0.25) is 4.99 Å². The quantitative estimate of drug-likeness (QED) is 0.413. The van der Waals surface area contributed by atoms with Gasteiger partial charge in [-0.05, 0) is 6.42 Å². The number of guanidine groups is 1. The molecule has 2 N–H and O–H groups in total. The van der Waals surface area contributed by atoms with Crippen LogP contribution in [0.4, 0.5) is 0 Å². The highest BCUT2D eigenvalue weighted by atomic mass is 16.3. The molecule has 1 atom stereocenters. The first-order chi connectivity index (χ1) is 5.81. The van der Waals surface area contributed by atoms with Crippen LogP contribution in [-0.2, 0) is 0 Å². The van der Waals surface area contributed by atoms with Crippen molar-refractivity contribution in [3.8, 4) is 0 Å². The number of aliphatic hydroxyl groups excluding tert-OH is 1. The van der Waals surface area contributed by atoms with E-state index in [-0.39, 0.29) is 6.61 Å². The average molecular weight is 171 g/mol. The van der Waals surface area contributed by atoms with Gasteiger partial charge in [-0.2, -0.15) is 0 Å². The first-order valence-electron chi connectivity index (χ1n) is 4.32. The van der Waals surface area contributed by atoms with Crippen molar-refractivity contribution in [2.75, 3.05) is 33.8 Å². The van der Waals surface area contributed by atoms with Crippen LogP contribution in [0.25, 0.3) is 0 Å². The lowest BCUT2D eigenvalue weighted by atomic mass is 10.1. The summed E-state index contributed by atoms with van der Waals surface area (Å²) in [6.07, 6.45) is 1.07. The van der Waals surface area contributed by atoms with Crippen molar-refractivity contribution >= 4 is 5.96 Å². The minimum atomic E-state index is 0.289. The van der Waals surface area contributed by atoms with E-state index in [1.54, 1.807) is 7.05 Å². The van der Waals surface area contributed by atoms with Crippen LogP contribution in [0.15, 0.2) is 4.99 Å². The smallest absolute Gasteiger partial charge is 0.193 e. The van der Waals surface area contributed by atoms with E-state index in [1.165, 1.54) is 0 Å². The Balaban J connectivity index is 2.45. The van der Waals surface area contributed by atoms with E-state index in [2.05, 4.69) is 15.2 Å². The molecule has 0 amide bonds. The molecule has 0 aliphatic carbocycles. The summed E-state index contributed by atoms with van der Waals surface area (Å²) in [6, 6.07) is 0. The molecule has 0 bridgehead atoms. The highest BCUT2D eigenvalue weighted by Gasteiger charge is 2.23. The summed E-state index contributed by atoms with van der Waals surface area (Å²) in [7, 11) is 3.65. The van der Waals surface area contributed by atoms with Crippen molar-refractivity contribution < 1.29 is 5.11 Å². The molecule has 1 saturated heterocycles. The molecule has 0 radical (unpaired) electrons. The van der Waals surface area contributed by atoms with E-state index in [0.717, 1.165) is 25.5 Å². The Labute approximate surface area is 73.3 Å². The summed E-state index contributed by atoms with van der Waals surface area (Å²) < 4.78 is 0. The molecule has 0 spiro atoms. The van der Waals surface area contributed by atoms with Crippen LogP contribution in [0.3, 0.4) is 0 Å². The number of rotatable bonds is 1. The third kappa shape index (κ3) is 1.88. The molecule has 0 aromatic heterocycles. The van der Waals surface area contributed by atoms with Crippen molar-refractivity contribution in [3.05, 3.63) is 0 Å². The fourth-order valence-corrected chi connectivity index (χ4v) is 1.59. The molecule has 4 heteroatoms. The Morgan fingerprint density at radius 2 is 2.50 bits per heavy atom. The molecule has 1 heterocycles. The maximum Gasteiger partial charge on any atom is 0.193 e. The van der Waals surface area contributed by atoms with E-state index >= 15 is 0 Å². The van der Waals surface area contributed by atoms with Crippen LogP contribution in [0, 0.1) is 5.92 Å². The highest BCUT2D eigenvalue weighted by molar-refractivity contribution is 5.79. The van der Waals surface area contributed by atoms with Gasteiger partial charge in [0.2, 0.25) is 0 Å². The number of hydrogen-bond donors (Lipinski definition) is 2. The van der Waals surface area contributed by atoms with Crippen molar-refractivity contribution in [3.63, 3.8) is 0 Å². The lowest BCUT2D eigenvalue weighted by Gasteiger charge is -2.19. The van der Waals surface area contributed by atoms with E-state index in [4.69, 9.17) is 5.11 Å². The first kappa shape index (κ1) is 9.32. The van der Waals surface area contributed by atoms with Crippen LogP contribution in [-0.4, -0.2) is 49.8 Å². The van der Waals surface area contributed by atoms with Crippen LogP contribution in [0.2, 0.25) is 0 Å². The van der Waals surface area contributed by atoms with Gasteiger partial charge in [0.1, 0.15) is 0 Å². The van der Waals surface area contributed by atoms with E-state index in [9.17, 15) is 0 Å². The van der Waals surface area contributed by atoms with Gasteiger partial charge < -0.3 is 15.3 Å². The lowest BCUT2D eigenvalue weighted by molar-refractivity contribution is 0.232. The number of hydrogen-bond acceptors (Lipinski definition) is 2. The monoisotopic (exact) mass is 171 g/mol.